The van der Waals surface area contributed by atoms with Gasteiger partial charge < -0.3 is 9.84 Å². The van der Waals surface area contributed by atoms with E-state index < -0.39 is 0 Å². The van der Waals surface area contributed by atoms with Gasteiger partial charge in [0.1, 0.15) is 17.2 Å². The predicted molar refractivity (Wildman–Crippen MR) is 134 cm³/mol. The highest BCUT2D eigenvalue weighted by Crippen LogP contribution is 2.34. The SMILES string of the molecule is CCCCc1sc(NC(=O)c2ccc(O)cc2)nc1-c1ccc(Oc2ccc(Cl)cc2)cc1. The summed E-state index contributed by atoms with van der Waals surface area (Å²) in [5.41, 5.74) is 2.29. The van der Waals surface area contributed by atoms with Gasteiger partial charge in [-0.2, -0.15) is 0 Å². The van der Waals surface area contributed by atoms with Crippen LogP contribution in [-0.4, -0.2) is 16.0 Å². The smallest absolute Gasteiger partial charge is 0.257 e. The van der Waals surface area contributed by atoms with Gasteiger partial charge in [-0.05, 0) is 85.6 Å². The van der Waals surface area contributed by atoms with Crippen LogP contribution in [0.25, 0.3) is 11.3 Å². The van der Waals surface area contributed by atoms with Crippen LogP contribution in [0.3, 0.4) is 0 Å². The number of nitrogens with one attached hydrogen (secondary N) is 1. The molecule has 168 valence electrons. The lowest BCUT2D eigenvalue weighted by molar-refractivity contribution is 0.102. The zero-order chi connectivity index (χ0) is 23.2. The topological polar surface area (TPSA) is 71.5 Å². The number of benzene rings is 3. The number of rotatable bonds is 8. The van der Waals surface area contributed by atoms with Crippen LogP contribution in [0, 0.1) is 0 Å². The summed E-state index contributed by atoms with van der Waals surface area (Å²) in [6.07, 6.45) is 3.00. The molecule has 0 aliphatic rings. The highest BCUT2D eigenvalue weighted by molar-refractivity contribution is 7.16. The number of hydrogen-bond acceptors (Lipinski definition) is 5. The lowest BCUT2D eigenvalue weighted by Gasteiger charge is -2.07. The van der Waals surface area contributed by atoms with Crippen LogP contribution in [0.15, 0.2) is 72.8 Å². The average molecular weight is 479 g/mol. The normalized spacial score (nSPS) is 10.7. The lowest BCUT2D eigenvalue weighted by Crippen LogP contribution is -2.11. The molecule has 0 saturated carbocycles. The molecule has 0 spiro atoms. The van der Waals surface area contributed by atoms with E-state index in [0.29, 0.717) is 27.2 Å². The number of carbonyl (C=O) groups is 1. The molecule has 33 heavy (non-hydrogen) atoms. The van der Waals surface area contributed by atoms with Crippen LogP contribution < -0.4 is 10.1 Å². The molecule has 1 amide bonds. The van der Waals surface area contributed by atoms with Crippen molar-refractivity contribution in [3.8, 4) is 28.5 Å². The van der Waals surface area contributed by atoms with Crippen molar-refractivity contribution in [2.24, 2.45) is 0 Å². The molecule has 4 aromatic rings. The number of amides is 1. The van der Waals surface area contributed by atoms with E-state index in [4.69, 9.17) is 21.3 Å². The summed E-state index contributed by atoms with van der Waals surface area (Å²) in [7, 11) is 0. The summed E-state index contributed by atoms with van der Waals surface area (Å²) in [6.45, 7) is 2.15. The number of halogens is 1. The average Bonchev–Trinajstić information content (AvgIpc) is 3.22. The molecule has 0 unspecified atom stereocenters. The lowest BCUT2D eigenvalue weighted by atomic mass is 10.1. The summed E-state index contributed by atoms with van der Waals surface area (Å²) in [6, 6.07) is 21.1. The van der Waals surface area contributed by atoms with Gasteiger partial charge in [-0.25, -0.2) is 4.98 Å². The zero-order valence-corrected chi connectivity index (χ0v) is 19.6. The van der Waals surface area contributed by atoms with Crippen molar-refractivity contribution in [2.45, 2.75) is 26.2 Å². The van der Waals surface area contributed by atoms with Gasteiger partial charge in [0.25, 0.3) is 5.91 Å². The number of phenolic OH excluding ortho intramolecular Hbond substituents is 1. The third-order valence-corrected chi connectivity index (χ3v) is 6.26. The van der Waals surface area contributed by atoms with Gasteiger partial charge in [0, 0.05) is 21.0 Å². The number of anilines is 1. The molecule has 1 aromatic heterocycles. The van der Waals surface area contributed by atoms with Crippen LogP contribution in [0.1, 0.15) is 35.0 Å². The molecule has 0 aliphatic heterocycles. The van der Waals surface area contributed by atoms with Gasteiger partial charge in [0.15, 0.2) is 5.13 Å². The number of aryl methyl sites for hydroxylation is 1. The number of aromatic nitrogens is 1. The molecule has 5 nitrogen and oxygen atoms in total. The Labute approximate surface area is 201 Å². The fraction of sp³-hybridized carbons (Fsp3) is 0.154. The van der Waals surface area contributed by atoms with E-state index in [1.54, 1.807) is 24.3 Å². The number of ether oxygens (including phenoxy) is 1. The number of nitrogens with zero attached hydrogens (tertiary/aromatic N) is 1. The van der Waals surface area contributed by atoms with Crippen molar-refractivity contribution < 1.29 is 14.6 Å². The minimum absolute atomic E-state index is 0.119. The van der Waals surface area contributed by atoms with Crippen molar-refractivity contribution in [3.63, 3.8) is 0 Å². The Hall–Kier alpha value is -3.35. The predicted octanol–water partition coefficient (Wildman–Crippen LogP) is 7.56. The first-order valence-corrected chi connectivity index (χ1v) is 11.8. The van der Waals surface area contributed by atoms with Gasteiger partial charge in [0.2, 0.25) is 0 Å². The van der Waals surface area contributed by atoms with E-state index in [0.717, 1.165) is 35.4 Å². The fourth-order valence-electron chi connectivity index (χ4n) is 3.24. The Morgan fingerprint density at radius 1 is 1.00 bits per heavy atom. The molecule has 0 radical (unpaired) electrons. The highest BCUT2D eigenvalue weighted by atomic mass is 35.5. The Morgan fingerprint density at radius 2 is 1.64 bits per heavy atom. The summed E-state index contributed by atoms with van der Waals surface area (Å²) < 4.78 is 5.88. The third kappa shape index (κ3) is 5.92. The van der Waals surface area contributed by atoms with E-state index in [2.05, 4.69) is 12.2 Å². The van der Waals surface area contributed by atoms with Crippen molar-refractivity contribution in [3.05, 3.63) is 88.3 Å². The Bertz CT molecular complexity index is 1220. The van der Waals surface area contributed by atoms with Crippen LogP contribution in [0.4, 0.5) is 5.13 Å². The first kappa shape index (κ1) is 22.8. The maximum atomic E-state index is 12.6. The van der Waals surface area contributed by atoms with Gasteiger partial charge in [-0.1, -0.05) is 24.9 Å². The Morgan fingerprint density at radius 3 is 2.27 bits per heavy atom. The van der Waals surface area contributed by atoms with Crippen molar-refractivity contribution >= 4 is 34.0 Å². The van der Waals surface area contributed by atoms with Gasteiger partial charge >= 0.3 is 0 Å². The molecule has 4 rings (SSSR count). The number of thiazole rings is 1. The summed E-state index contributed by atoms with van der Waals surface area (Å²) >= 11 is 7.42. The van der Waals surface area contributed by atoms with Crippen molar-refractivity contribution in [1.29, 1.82) is 0 Å². The van der Waals surface area contributed by atoms with Gasteiger partial charge in [-0.15, -0.1) is 11.3 Å². The minimum Gasteiger partial charge on any atom is -0.508 e. The highest BCUT2D eigenvalue weighted by Gasteiger charge is 2.16. The number of aromatic hydroxyl groups is 1. The maximum absolute atomic E-state index is 12.6. The Kier molecular flexibility index (Phi) is 7.27. The standard InChI is InChI=1S/C26H23ClN2O3S/c1-2-3-4-23-24(28-26(33-23)29-25(31)18-5-11-20(30)12-6-18)17-7-13-21(14-8-17)32-22-15-9-19(27)10-16-22/h5-16,30H,2-4H2,1H3,(H,28,29,31). The van der Waals surface area contributed by atoms with E-state index in [1.165, 1.54) is 23.5 Å². The van der Waals surface area contributed by atoms with Gasteiger partial charge in [-0.3, -0.25) is 10.1 Å². The second-order valence-corrected chi connectivity index (χ2v) is 9.00. The first-order valence-electron chi connectivity index (χ1n) is 10.7. The molecule has 1 heterocycles. The molecule has 3 aromatic carbocycles. The maximum Gasteiger partial charge on any atom is 0.257 e. The van der Waals surface area contributed by atoms with Crippen molar-refractivity contribution in [2.75, 3.05) is 5.32 Å². The van der Waals surface area contributed by atoms with Crippen molar-refractivity contribution in [1.82, 2.24) is 4.98 Å². The minimum atomic E-state index is -0.260. The molecular formula is C26H23ClN2O3S. The van der Waals surface area contributed by atoms with E-state index >= 15 is 0 Å². The van der Waals surface area contributed by atoms with Crippen LogP contribution in [-0.2, 0) is 6.42 Å². The molecule has 0 aliphatic carbocycles. The van der Waals surface area contributed by atoms with Crippen LogP contribution in [0.5, 0.6) is 17.2 Å². The summed E-state index contributed by atoms with van der Waals surface area (Å²) in [5, 5.41) is 13.5. The molecule has 7 heteroatoms. The summed E-state index contributed by atoms with van der Waals surface area (Å²) in [4.78, 5) is 18.4. The second kappa shape index (κ2) is 10.5. The second-order valence-electron chi connectivity index (χ2n) is 7.48. The quantitative estimate of drug-likeness (QED) is 0.274. The zero-order valence-electron chi connectivity index (χ0n) is 18.0. The van der Waals surface area contributed by atoms with Crippen LogP contribution in [0.2, 0.25) is 5.02 Å². The number of unbranched alkanes of at least 4 members (excludes halogenated alkanes) is 1. The van der Waals surface area contributed by atoms with Gasteiger partial charge in [0.05, 0.1) is 5.69 Å². The summed E-state index contributed by atoms with van der Waals surface area (Å²) in [5.74, 6) is 1.29. The fourth-order valence-corrected chi connectivity index (χ4v) is 4.39. The first-order chi connectivity index (χ1) is 16.0. The Balaban J connectivity index is 1.54. The van der Waals surface area contributed by atoms with E-state index in [-0.39, 0.29) is 11.7 Å². The van der Waals surface area contributed by atoms with E-state index in [1.807, 2.05) is 36.4 Å². The molecular weight excluding hydrogens is 456 g/mol. The molecule has 0 saturated heterocycles. The largest absolute Gasteiger partial charge is 0.508 e. The molecule has 0 atom stereocenters. The number of hydrogen-bond donors (Lipinski definition) is 2. The molecule has 0 bridgehead atoms. The molecule has 0 fully saturated rings. The number of carbonyl (C=O) groups excluding carboxylic acids is 1. The molecule has 2 N–H and O–H groups in total. The van der Waals surface area contributed by atoms with Crippen LogP contribution >= 0.6 is 22.9 Å². The van der Waals surface area contributed by atoms with E-state index in [9.17, 15) is 9.90 Å². The number of phenols is 1. The third-order valence-electron chi connectivity index (χ3n) is 4.98. The monoisotopic (exact) mass is 478 g/mol.